The molecule has 0 spiro atoms. The van der Waals surface area contributed by atoms with Crippen LogP contribution in [-0.2, 0) is 5.41 Å². The highest BCUT2D eigenvalue weighted by Gasteiger charge is 2.66. The summed E-state index contributed by atoms with van der Waals surface area (Å²) in [6, 6.07) is 0. The van der Waals surface area contributed by atoms with E-state index in [0.717, 1.165) is 0 Å². The van der Waals surface area contributed by atoms with Gasteiger partial charge in [-0.15, -0.1) is 0 Å². The van der Waals surface area contributed by atoms with Gasteiger partial charge in [-0.05, 0) is 12.8 Å². The minimum absolute atomic E-state index is 0.116. The lowest BCUT2D eigenvalue weighted by atomic mass is 10.0. The molecule has 3 N–H and O–H groups in total. The second-order valence-electron chi connectivity index (χ2n) is 3.38. The number of nitrogens with zero attached hydrogens (tertiary/aromatic N) is 1. The Balaban J connectivity index is 2.46. The van der Waals surface area contributed by atoms with Crippen molar-refractivity contribution in [2.24, 2.45) is 0 Å². The molecule has 3 nitrogen and oxygen atoms in total. The molecule has 0 atom stereocenters. The maximum atomic E-state index is 13.1. The molecule has 0 unspecified atom stereocenters. The molecule has 0 aromatic carbocycles. The van der Waals surface area contributed by atoms with E-state index in [0.29, 0.717) is 0 Å². The standard InChI is InChI=1S/C7H7F4N3/c8-3-4(13-14-5(3)12)6(1-2-6)7(9,10)11/h1-2H2,(H3,12,13,14). The molecule has 0 amide bonds. The van der Waals surface area contributed by atoms with E-state index in [1.807, 2.05) is 5.10 Å². The number of anilines is 1. The predicted molar refractivity (Wildman–Crippen MR) is 39.9 cm³/mol. The highest BCUT2D eigenvalue weighted by atomic mass is 19.4. The van der Waals surface area contributed by atoms with E-state index in [2.05, 4.69) is 5.10 Å². The highest BCUT2D eigenvalue weighted by molar-refractivity contribution is 5.39. The van der Waals surface area contributed by atoms with Crippen LogP contribution in [0.25, 0.3) is 0 Å². The van der Waals surface area contributed by atoms with Crippen molar-refractivity contribution in [3.05, 3.63) is 11.5 Å². The van der Waals surface area contributed by atoms with E-state index in [4.69, 9.17) is 5.73 Å². The first kappa shape index (κ1) is 9.29. The number of nitrogens with one attached hydrogen (secondary N) is 1. The van der Waals surface area contributed by atoms with Gasteiger partial charge in [0.2, 0.25) is 0 Å². The zero-order valence-corrected chi connectivity index (χ0v) is 6.95. The minimum Gasteiger partial charge on any atom is -0.380 e. The molecule has 1 saturated carbocycles. The lowest BCUT2D eigenvalue weighted by Gasteiger charge is -2.17. The lowest BCUT2D eigenvalue weighted by molar-refractivity contribution is -0.162. The van der Waals surface area contributed by atoms with Crippen molar-refractivity contribution in [2.75, 3.05) is 5.73 Å². The third-order valence-electron chi connectivity index (χ3n) is 2.50. The van der Waals surface area contributed by atoms with Crippen LogP contribution in [0.1, 0.15) is 18.5 Å². The first-order valence-corrected chi connectivity index (χ1v) is 3.95. The van der Waals surface area contributed by atoms with Gasteiger partial charge in [0.25, 0.3) is 0 Å². The molecule has 1 aromatic heterocycles. The normalized spacial score (nSPS) is 19.7. The fourth-order valence-corrected chi connectivity index (χ4v) is 1.46. The van der Waals surface area contributed by atoms with Crippen LogP contribution in [0.4, 0.5) is 23.4 Å². The molecule has 14 heavy (non-hydrogen) atoms. The molecule has 0 saturated heterocycles. The number of nitrogen functional groups attached to an aromatic ring is 1. The van der Waals surface area contributed by atoms with E-state index in [-0.39, 0.29) is 12.8 Å². The van der Waals surface area contributed by atoms with Crippen LogP contribution in [0.15, 0.2) is 0 Å². The maximum absolute atomic E-state index is 13.1. The van der Waals surface area contributed by atoms with Gasteiger partial charge in [-0.2, -0.15) is 18.3 Å². The molecular weight excluding hydrogens is 202 g/mol. The van der Waals surface area contributed by atoms with Gasteiger partial charge in [-0.25, -0.2) is 4.39 Å². The van der Waals surface area contributed by atoms with Crippen LogP contribution in [0.5, 0.6) is 0 Å². The largest absolute Gasteiger partial charge is 0.400 e. The van der Waals surface area contributed by atoms with E-state index in [9.17, 15) is 17.6 Å². The highest BCUT2D eigenvalue weighted by Crippen LogP contribution is 2.59. The summed E-state index contributed by atoms with van der Waals surface area (Å²) in [7, 11) is 0. The van der Waals surface area contributed by atoms with Crippen LogP contribution in [0, 0.1) is 5.82 Å². The second-order valence-corrected chi connectivity index (χ2v) is 3.38. The number of aromatic nitrogens is 2. The SMILES string of the molecule is Nc1n[nH]c(C2(C(F)(F)F)CC2)c1F. The topological polar surface area (TPSA) is 54.7 Å². The molecule has 2 rings (SSSR count). The van der Waals surface area contributed by atoms with Gasteiger partial charge in [0.05, 0.1) is 5.69 Å². The number of rotatable bonds is 1. The Labute approximate surface area is 76.3 Å². The van der Waals surface area contributed by atoms with Gasteiger partial charge >= 0.3 is 6.18 Å². The molecular formula is C7H7F4N3. The van der Waals surface area contributed by atoms with Crippen molar-refractivity contribution in [1.82, 2.24) is 10.2 Å². The van der Waals surface area contributed by atoms with Gasteiger partial charge < -0.3 is 5.73 Å². The molecule has 78 valence electrons. The fourth-order valence-electron chi connectivity index (χ4n) is 1.46. The van der Waals surface area contributed by atoms with Gasteiger partial charge in [-0.3, -0.25) is 5.10 Å². The van der Waals surface area contributed by atoms with Crippen LogP contribution in [0.2, 0.25) is 0 Å². The number of alkyl halides is 3. The summed E-state index contributed by atoms with van der Waals surface area (Å²) in [5, 5.41) is 5.23. The maximum Gasteiger partial charge on any atom is 0.400 e. The molecule has 7 heteroatoms. The Kier molecular flexibility index (Phi) is 1.59. The number of hydrogen-bond acceptors (Lipinski definition) is 2. The van der Waals surface area contributed by atoms with Gasteiger partial charge in [-0.1, -0.05) is 0 Å². The average Bonchev–Trinajstić information content (AvgIpc) is 2.79. The Morgan fingerprint density at radius 2 is 1.93 bits per heavy atom. The third-order valence-corrected chi connectivity index (χ3v) is 2.50. The van der Waals surface area contributed by atoms with Crippen LogP contribution >= 0.6 is 0 Å². The van der Waals surface area contributed by atoms with E-state index >= 15 is 0 Å². The molecule has 0 aliphatic heterocycles. The molecule has 1 aromatic rings. The molecule has 1 aliphatic carbocycles. The smallest absolute Gasteiger partial charge is 0.380 e. The summed E-state index contributed by atoms with van der Waals surface area (Å²) in [4.78, 5) is 0. The van der Waals surface area contributed by atoms with Gasteiger partial charge in [0.15, 0.2) is 11.6 Å². The predicted octanol–water partition coefficient (Wildman–Crippen LogP) is 1.72. The fraction of sp³-hybridized carbons (Fsp3) is 0.571. The monoisotopic (exact) mass is 209 g/mol. The molecule has 0 bridgehead atoms. The second kappa shape index (κ2) is 2.40. The summed E-state index contributed by atoms with van der Waals surface area (Å²) in [6.45, 7) is 0. The average molecular weight is 209 g/mol. The Bertz CT molecular complexity index is 364. The van der Waals surface area contributed by atoms with Crippen LogP contribution < -0.4 is 5.73 Å². The third kappa shape index (κ3) is 1.01. The molecule has 0 radical (unpaired) electrons. The number of H-pyrrole nitrogens is 1. The Morgan fingerprint density at radius 3 is 2.21 bits per heavy atom. The lowest BCUT2D eigenvalue weighted by Crippen LogP contribution is -2.29. The van der Waals surface area contributed by atoms with Crippen molar-refractivity contribution in [2.45, 2.75) is 24.4 Å². The van der Waals surface area contributed by atoms with Crippen molar-refractivity contribution in [1.29, 1.82) is 0 Å². The van der Waals surface area contributed by atoms with Gasteiger partial charge in [0, 0.05) is 0 Å². The van der Waals surface area contributed by atoms with Crippen molar-refractivity contribution >= 4 is 5.82 Å². The van der Waals surface area contributed by atoms with E-state index < -0.39 is 28.9 Å². The summed E-state index contributed by atoms with van der Waals surface area (Å²) < 4.78 is 50.7. The summed E-state index contributed by atoms with van der Waals surface area (Å²) in [5.41, 5.74) is 2.40. The number of hydrogen-bond donors (Lipinski definition) is 2. The Hall–Kier alpha value is -1.27. The zero-order valence-electron chi connectivity index (χ0n) is 6.95. The first-order valence-electron chi connectivity index (χ1n) is 3.95. The first-order chi connectivity index (χ1) is 6.38. The number of halogens is 4. The van der Waals surface area contributed by atoms with Crippen molar-refractivity contribution < 1.29 is 17.6 Å². The van der Waals surface area contributed by atoms with E-state index in [1.54, 1.807) is 0 Å². The van der Waals surface area contributed by atoms with Gasteiger partial charge in [0.1, 0.15) is 5.41 Å². The quantitative estimate of drug-likeness (QED) is 0.692. The van der Waals surface area contributed by atoms with Crippen molar-refractivity contribution in [3.8, 4) is 0 Å². The Morgan fingerprint density at radius 1 is 1.36 bits per heavy atom. The summed E-state index contributed by atoms with van der Waals surface area (Å²) in [5.74, 6) is -1.60. The van der Waals surface area contributed by atoms with Crippen molar-refractivity contribution in [3.63, 3.8) is 0 Å². The van der Waals surface area contributed by atoms with Crippen LogP contribution in [0.3, 0.4) is 0 Å². The zero-order chi connectivity index (χ0) is 10.6. The summed E-state index contributed by atoms with van der Waals surface area (Å²) >= 11 is 0. The molecule has 1 fully saturated rings. The summed E-state index contributed by atoms with van der Waals surface area (Å²) in [6.07, 6.45) is -4.68. The van der Waals surface area contributed by atoms with E-state index in [1.165, 1.54) is 0 Å². The molecule has 1 aliphatic rings. The number of aromatic amines is 1. The van der Waals surface area contributed by atoms with Crippen LogP contribution in [-0.4, -0.2) is 16.4 Å². The minimum atomic E-state index is -4.45. The molecule has 1 heterocycles. The number of nitrogens with two attached hydrogens (primary N) is 1.